The molecule has 0 amide bonds. The van der Waals surface area contributed by atoms with Crippen LogP contribution in [0.3, 0.4) is 0 Å². The van der Waals surface area contributed by atoms with E-state index in [4.69, 9.17) is 0 Å². The molecule has 6 heteroatoms. The van der Waals surface area contributed by atoms with Gasteiger partial charge in [0.15, 0.2) is 5.01 Å². The molecule has 1 heterocycles. The number of halogens is 3. The maximum atomic E-state index is 12.6. The van der Waals surface area contributed by atoms with Gasteiger partial charge in [-0.25, -0.2) is 4.98 Å². The smallest absolute Gasteiger partial charge is 0.387 e. The summed E-state index contributed by atoms with van der Waals surface area (Å²) in [4.78, 5) is 3.65. The van der Waals surface area contributed by atoms with E-state index in [9.17, 15) is 18.3 Å². The van der Waals surface area contributed by atoms with Crippen molar-refractivity contribution >= 4 is 11.3 Å². The first-order valence-electron chi connectivity index (χ1n) is 6.20. The van der Waals surface area contributed by atoms with Crippen molar-refractivity contribution in [2.45, 2.75) is 30.5 Å². The quantitative estimate of drug-likeness (QED) is 0.931. The summed E-state index contributed by atoms with van der Waals surface area (Å²) < 4.78 is 37.7. The van der Waals surface area contributed by atoms with Crippen molar-refractivity contribution in [2.24, 2.45) is 0 Å². The number of aliphatic hydroxyl groups excluding tert-OH is 1. The lowest BCUT2D eigenvalue weighted by Crippen LogP contribution is -2.17. The zero-order valence-electron chi connectivity index (χ0n) is 10.4. The number of thiazole rings is 1. The van der Waals surface area contributed by atoms with E-state index >= 15 is 0 Å². The number of hydrogen-bond acceptors (Lipinski definition) is 3. The summed E-state index contributed by atoms with van der Waals surface area (Å²) >= 11 is 0.523. The maximum absolute atomic E-state index is 12.6. The average Bonchev–Trinajstić information content (AvgIpc) is 3.07. The molecular weight excluding hydrogens is 287 g/mol. The number of rotatable bonds is 3. The molecule has 1 atom stereocenters. The zero-order valence-corrected chi connectivity index (χ0v) is 11.2. The van der Waals surface area contributed by atoms with Gasteiger partial charge in [-0.3, -0.25) is 0 Å². The van der Waals surface area contributed by atoms with E-state index in [0.29, 0.717) is 11.3 Å². The Morgan fingerprint density at radius 3 is 2.35 bits per heavy atom. The first kappa shape index (κ1) is 13.6. The molecule has 1 aliphatic rings. The Balaban J connectivity index is 1.90. The van der Waals surface area contributed by atoms with Gasteiger partial charge in [-0.15, -0.1) is 11.3 Å². The molecule has 1 saturated carbocycles. The van der Waals surface area contributed by atoms with E-state index < -0.39 is 22.7 Å². The van der Waals surface area contributed by atoms with Crippen LogP contribution >= 0.6 is 11.3 Å². The molecule has 0 bridgehead atoms. The summed E-state index contributed by atoms with van der Waals surface area (Å²) in [6.45, 7) is 0. The minimum Gasteiger partial charge on any atom is -0.387 e. The van der Waals surface area contributed by atoms with Crippen LogP contribution in [-0.2, 0) is 11.6 Å². The highest BCUT2D eigenvalue weighted by molar-refractivity contribution is 7.11. The van der Waals surface area contributed by atoms with E-state index in [1.807, 2.05) is 30.3 Å². The highest BCUT2D eigenvalue weighted by Gasteiger charge is 2.51. The van der Waals surface area contributed by atoms with Crippen molar-refractivity contribution in [2.75, 3.05) is 0 Å². The average molecular weight is 299 g/mol. The topological polar surface area (TPSA) is 33.1 Å². The Kier molecular flexibility index (Phi) is 3.10. The van der Waals surface area contributed by atoms with Crippen LogP contribution in [0.5, 0.6) is 0 Å². The second-order valence-electron chi connectivity index (χ2n) is 4.99. The first-order chi connectivity index (χ1) is 9.43. The van der Waals surface area contributed by atoms with Crippen LogP contribution in [-0.4, -0.2) is 10.1 Å². The third-order valence-electron chi connectivity index (χ3n) is 3.70. The summed E-state index contributed by atoms with van der Waals surface area (Å²) in [5, 5.41) is 9.54. The van der Waals surface area contributed by atoms with Crippen molar-refractivity contribution in [1.29, 1.82) is 0 Å². The van der Waals surface area contributed by atoms with Crippen LogP contribution < -0.4 is 0 Å². The lowest BCUT2D eigenvalue weighted by Gasteiger charge is -2.21. The number of benzene rings is 1. The zero-order chi connectivity index (χ0) is 14.4. The highest BCUT2D eigenvalue weighted by atomic mass is 32.1. The second kappa shape index (κ2) is 4.56. The molecule has 0 saturated heterocycles. The van der Waals surface area contributed by atoms with Gasteiger partial charge < -0.3 is 5.11 Å². The SMILES string of the molecule is OC(c1cnc(C(F)(F)F)s1)C1(c2ccccc2)CC1. The molecule has 3 rings (SSSR count). The second-order valence-corrected chi connectivity index (χ2v) is 6.05. The molecule has 0 aliphatic heterocycles. The van der Waals surface area contributed by atoms with E-state index in [1.54, 1.807) is 0 Å². The lowest BCUT2D eigenvalue weighted by molar-refractivity contribution is -0.137. The lowest BCUT2D eigenvalue weighted by atomic mass is 9.89. The van der Waals surface area contributed by atoms with E-state index in [0.717, 1.165) is 24.6 Å². The highest BCUT2D eigenvalue weighted by Crippen LogP contribution is 2.57. The maximum Gasteiger partial charge on any atom is 0.443 e. The predicted octanol–water partition coefficient (Wildman–Crippen LogP) is 3.93. The molecule has 1 fully saturated rings. The molecule has 0 spiro atoms. The molecule has 0 radical (unpaired) electrons. The van der Waals surface area contributed by atoms with Gasteiger partial charge in [-0.05, 0) is 18.4 Å². The molecule has 106 valence electrons. The fraction of sp³-hybridized carbons (Fsp3) is 0.357. The normalized spacial score (nSPS) is 18.8. The van der Waals surface area contributed by atoms with Crippen molar-refractivity contribution < 1.29 is 18.3 Å². The summed E-state index contributed by atoms with van der Waals surface area (Å²) in [7, 11) is 0. The molecule has 1 aromatic carbocycles. The minimum atomic E-state index is -4.45. The van der Waals surface area contributed by atoms with Crippen molar-refractivity contribution in [3.05, 3.63) is 52.0 Å². The summed E-state index contributed by atoms with van der Waals surface area (Å²) in [6.07, 6.45) is -2.69. The fourth-order valence-electron chi connectivity index (χ4n) is 2.44. The Morgan fingerprint density at radius 1 is 1.20 bits per heavy atom. The van der Waals surface area contributed by atoms with Gasteiger partial charge >= 0.3 is 6.18 Å². The Bertz CT molecular complexity index is 604. The van der Waals surface area contributed by atoms with E-state index in [-0.39, 0.29) is 4.88 Å². The van der Waals surface area contributed by atoms with Gasteiger partial charge in [0.1, 0.15) is 0 Å². The van der Waals surface area contributed by atoms with Gasteiger partial charge in [-0.1, -0.05) is 30.3 Å². The van der Waals surface area contributed by atoms with Gasteiger partial charge in [0, 0.05) is 11.6 Å². The summed E-state index contributed by atoms with van der Waals surface area (Å²) in [6, 6.07) is 9.43. The predicted molar refractivity (Wildman–Crippen MR) is 69.4 cm³/mol. The molecule has 1 N–H and O–H groups in total. The minimum absolute atomic E-state index is 0.277. The third-order valence-corrected chi connectivity index (χ3v) is 4.79. The molecule has 2 nitrogen and oxygen atoms in total. The van der Waals surface area contributed by atoms with Crippen LogP contribution in [0.15, 0.2) is 36.5 Å². The van der Waals surface area contributed by atoms with Crippen molar-refractivity contribution in [1.82, 2.24) is 4.98 Å². The van der Waals surface area contributed by atoms with Crippen LogP contribution in [0.25, 0.3) is 0 Å². The van der Waals surface area contributed by atoms with Gasteiger partial charge in [0.25, 0.3) is 0 Å². The number of hydrogen-bond donors (Lipinski definition) is 1. The summed E-state index contributed by atoms with van der Waals surface area (Å²) in [5.41, 5.74) is 0.519. The number of aliphatic hydroxyl groups is 1. The molecular formula is C14H12F3NOS. The molecule has 1 unspecified atom stereocenters. The largest absolute Gasteiger partial charge is 0.443 e. The van der Waals surface area contributed by atoms with E-state index in [2.05, 4.69) is 4.98 Å². The summed E-state index contributed by atoms with van der Waals surface area (Å²) in [5.74, 6) is 0. The Hall–Kier alpha value is -1.40. The van der Waals surface area contributed by atoms with Gasteiger partial charge in [-0.2, -0.15) is 13.2 Å². The van der Waals surface area contributed by atoms with Gasteiger partial charge in [0.05, 0.1) is 11.0 Å². The van der Waals surface area contributed by atoms with E-state index in [1.165, 1.54) is 0 Å². The number of aromatic nitrogens is 1. The Labute approximate surface area is 117 Å². The molecule has 1 aromatic heterocycles. The van der Waals surface area contributed by atoms with Gasteiger partial charge in [0.2, 0.25) is 0 Å². The van der Waals surface area contributed by atoms with Crippen LogP contribution in [0.1, 0.15) is 34.4 Å². The van der Waals surface area contributed by atoms with Crippen molar-refractivity contribution in [3.63, 3.8) is 0 Å². The number of alkyl halides is 3. The standard InChI is InChI=1S/C14H12F3NOS/c15-14(16,17)12-18-8-10(20-12)11(19)13(6-7-13)9-4-2-1-3-5-9/h1-5,8,11,19H,6-7H2. The van der Waals surface area contributed by atoms with Crippen LogP contribution in [0.4, 0.5) is 13.2 Å². The number of nitrogens with zero attached hydrogens (tertiary/aromatic N) is 1. The fourth-order valence-corrected chi connectivity index (χ4v) is 3.33. The van der Waals surface area contributed by atoms with Crippen LogP contribution in [0, 0.1) is 0 Å². The molecule has 1 aliphatic carbocycles. The van der Waals surface area contributed by atoms with Crippen LogP contribution in [0.2, 0.25) is 0 Å². The Morgan fingerprint density at radius 2 is 1.85 bits per heavy atom. The first-order valence-corrected chi connectivity index (χ1v) is 7.02. The molecule has 20 heavy (non-hydrogen) atoms. The van der Waals surface area contributed by atoms with Crippen molar-refractivity contribution in [3.8, 4) is 0 Å². The monoisotopic (exact) mass is 299 g/mol. The third kappa shape index (κ3) is 2.23. The molecule has 2 aromatic rings.